The van der Waals surface area contributed by atoms with Crippen LogP contribution in [0.4, 0.5) is 14.5 Å². The molecule has 0 spiro atoms. The number of nitrogens with zero attached hydrogens (tertiary/aromatic N) is 1. The molecule has 0 bridgehead atoms. The van der Waals surface area contributed by atoms with Crippen LogP contribution in [0.3, 0.4) is 0 Å². The second kappa shape index (κ2) is 5.21. The first kappa shape index (κ1) is 13.1. The van der Waals surface area contributed by atoms with Gasteiger partial charge in [-0.2, -0.15) is 0 Å². The Kier molecular flexibility index (Phi) is 3.40. The van der Waals surface area contributed by atoms with Gasteiger partial charge in [-0.1, -0.05) is 24.3 Å². The van der Waals surface area contributed by atoms with Gasteiger partial charge in [0.05, 0.1) is 6.61 Å². The summed E-state index contributed by atoms with van der Waals surface area (Å²) >= 11 is 0. The van der Waals surface area contributed by atoms with Crippen LogP contribution in [0.15, 0.2) is 36.4 Å². The third-order valence-corrected chi connectivity index (χ3v) is 3.71. The normalized spacial score (nSPS) is 14.2. The second-order valence-electron chi connectivity index (χ2n) is 5.01. The van der Waals surface area contributed by atoms with Gasteiger partial charge in [0.2, 0.25) is 0 Å². The van der Waals surface area contributed by atoms with Gasteiger partial charge in [-0.15, -0.1) is 0 Å². The summed E-state index contributed by atoms with van der Waals surface area (Å²) in [5.74, 6) is -1.23. The van der Waals surface area contributed by atoms with Crippen LogP contribution in [0.25, 0.3) is 0 Å². The molecule has 1 heterocycles. The lowest BCUT2D eigenvalue weighted by Crippen LogP contribution is -2.31. The minimum Gasteiger partial charge on any atom is -0.392 e. The topological polar surface area (TPSA) is 23.5 Å². The zero-order chi connectivity index (χ0) is 14.1. The van der Waals surface area contributed by atoms with Gasteiger partial charge < -0.3 is 10.0 Å². The predicted octanol–water partition coefficient (Wildman–Crippen LogP) is 3.02. The van der Waals surface area contributed by atoms with Crippen molar-refractivity contribution in [3.63, 3.8) is 0 Å². The molecule has 1 N–H and O–H groups in total. The Morgan fingerprint density at radius 3 is 2.35 bits per heavy atom. The summed E-state index contributed by atoms with van der Waals surface area (Å²) in [6, 6.07) is 10.3. The molecule has 3 rings (SSSR count). The summed E-state index contributed by atoms with van der Waals surface area (Å²) in [5, 5.41) is 8.97. The van der Waals surface area contributed by atoms with E-state index in [0.29, 0.717) is 13.1 Å². The number of anilines is 1. The van der Waals surface area contributed by atoms with Crippen molar-refractivity contribution >= 4 is 5.69 Å². The van der Waals surface area contributed by atoms with E-state index in [0.717, 1.165) is 12.0 Å². The molecule has 0 saturated carbocycles. The third-order valence-electron chi connectivity index (χ3n) is 3.71. The van der Waals surface area contributed by atoms with Gasteiger partial charge in [0.15, 0.2) is 0 Å². The van der Waals surface area contributed by atoms with Crippen molar-refractivity contribution in [3.8, 4) is 0 Å². The molecule has 104 valence electrons. The minimum absolute atomic E-state index is 0.00305. The fraction of sp³-hybridized carbons (Fsp3) is 0.250. The fourth-order valence-corrected chi connectivity index (χ4v) is 2.70. The molecule has 0 saturated heterocycles. The molecule has 2 nitrogen and oxygen atoms in total. The van der Waals surface area contributed by atoms with E-state index in [9.17, 15) is 8.78 Å². The van der Waals surface area contributed by atoms with Crippen LogP contribution in [0.1, 0.15) is 16.7 Å². The van der Waals surface area contributed by atoms with Gasteiger partial charge in [-0.3, -0.25) is 0 Å². The molecular weight excluding hydrogens is 260 g/mol. The molecule has 0 unspecified atom stereocenters. The zero-order valence-corrected chi connectivity index (χ0v) is 10.9. The summed E-state index contributed by atoms with van der Waals surface area (Å²) in [6.45, 7) is 0.725. The Morgan fingerprint density at radius 2 is 1.70 bits per heavy atom. The molecule has 0 atom stereocenters. The quantitative estimate of drug-likeness (QED) is 0.910. The molecule has 0 aliphatic carbocycles. The van der Waals surface area contributed by atoms with E-state index in [-0.39, 0.29) is 17.9 Å². The van der Waals surface area contributed by atoms with Crippen LogP contribution < -0.4 is 4.90 Å². The highest BCUT2D eigenvalue weighted by molar-refractivity contribution is 5.53. The SMILES string of the molecule is OCc1cc(F)c(N2CCc3ccccc3C2)c(F)c1. The Morgan fingerprint density at radius 1 is 1.05 bits per heavy atom. The smallest absolute Gasteiger partial charge is 0.149 e. The molecule has 0 aromatic heterocycles. The van der Waals surface area contributed by atoms with Gasteiger partial charge in [0, 0.05) is 13.1 Å². The summed E-state index contributed by atoms with van der Waals surface area (Å²) in [5.41, 5.74) is 2.58. The van der Waals surface area contributed by atoms with Gasteiger partial charge in [0.25, 0.3) is 0 Å². The number of benzene rings is 2. The maximum absolute atomic E-state index is 14.1. The van der Waals surface area contributed by atoms with E-state index < -0.39 is 11.6 Å². The minimum atomic E-state index is -0.617. The zero-order valence-electron chi connectivity index (χ0n) is 10.9. The summed E-state index contributed by atoms with van der Waals surface area (Å²) in [6.07, 6.45) is 0.775. The molecule has 1 aliphatic rings. The van der Waals surface area contributed by atoms with E-state index in [4.69, 9.17) is 5.11 Å². The van der Waals surface area contributed by atoms with Gasteiger partial charge in [-0.05, 0) is 35.2 Å². The van der Waals surface area contributed by atoms with E-state index >= 15 is 0 Å². The van der Waals surface area contributed by atoms with Crippen LogP contribution in [0.2, 0.25) is 0 Å². The molecule has 2 aromatic rings. The van der Waals surface area contributed by atoms with Crippen LogP contribution in [-0.4, -0.2) is 11.7 Å². The summed E-state index contributed by atoms with van der Waals surface area (Å²) < 4.78 is 28.1. The van der Waals surface area contributed by atoms with Crippen molar-refractivity contribution in [1.29, 1.82) is 0 Å². The lowest BCUT2D eigenvalue weighted by atomic mass is 9.99. The number of rotatable bonds is 2. The van der Waals surface area contributed by atoms with Crippen molar-refractivity contribution in [3.05, 3.63) is 64.7 Å². The molecule has 20 heavy (non-hydrogen) atoms. The second-order valence-corrected chi connectivity index (χ2v) is 5.01. The van der Waals surface area contributed by atoms with E-state index in [1.165, 1.54) is 17.7 Å². The molecule has 0 radical (unpaired) electrons. The highest BCUT2D eigenvalue weighted by Crippen LogP contribution is 2.29. The average molecular weight is 275 g/mol. The Labute approximate surface area is 116 Å². The van der Waals surface area contributed by atoms with Gasteiger partial charge >= 0.3 is 0 Å². The van der Waals surface area contributed by atoms with Gasteiger partial charge in [0.1, 0.15) is 17.3 Å². The monoisotopic (exact) mass is 275 g/mol. The molecule has 0 amide bonds. The highest BCUT2D eigenvalue weighted by Gasteiger charge is 2.22. The lowest BCUT2D eigenvalue weighted by molar-refractivity contribution is 0.280. The van der Waals surface area contributed by atoms with Crippen LogP contribution in [0.5, 0.6) is 0 Å². The highest BCUT2D eigenvalue weighted by atomic mass is 19.1. The molecule has 0 fully saturated rings. The number of hydrogen-bond donors (Lipinski definition) is 1. The van der Waals surface area contributed by atoms with E-state index in [2.05, 4.69) is 0 Å². The first-order valence-corrected chi connectivity index (χ1v) is 6.59. The van der Waals surface area contributed by atoms with Crippen molar-refractivity contribution in [1.82, 2.24) is 0 Å². The van der Waals surface area contributed by atoms with Crippen LogP contribution >= 0.6 is 0 Å². The van der Waals surface area contributed by atoms with E-state index in [1.54, 1.807) is 4.90 Å². The van der Waals surface area contributed by atoms with Crippen molar-refractivity contribution < 1.29 is 13.9 Å². The molecular formula is C16H15F2NO. The van der Waals surface area contributed by atoms with Crippen LogP contribution in [-0.2, 0) is 19.6 Å². The lowest BCUT2D eigenvalue weighted by Gasteiger charge is -2.31. The van der Waals surface area contributed by atoms with Crippen LogP contribution in [0, 0.1) is 11.6 Å². The largest absolute Gasteiger partial charge is 0.392 e. The Bertz CT molecular complexity index is 619. The van der Waals surface area contributed by atoms with E-state index in [1.807, 2.05) is 24.3 Å². The summed E-state index contributed by atoms with van der Waals surface area (Å²) in [7, 11) is 0. The number of aliphatic hydroxyl groups is 1. The third kappa shape index (κ3) is 2.27. The number of halogens is 2. The Balaban J connectivity index is 1.96. The maximum atomic E-state index is 14.1. The molecule has 2 aromatic carbocycles. The maximum Gasteiger partial charge on any atom is 0.149 e. The van der Waals surface area contributed by atoms with Crippen molar-refractivity contribution in [2.24, 2.45) is 0 Å². The van der Waals surface area contributed by atoms with Crippen molar-refractivity contribution in [2.75, 3.05) is 11.4 Å². The van der Waals surface area contributed by atoms with Crippen molar-refractivity contribution in [2.45, 2.75) is 19.6 Å². The molecule has 1 aliphatic heterocycles. The van der Waals surface area contributed by atoms with Gasteiger partial charge in [-0.25, -0.2) is 8.78 Å². The molecule has 4 heteroatoms. The standard InChI is InChI=1S/C16H15F2NO/c17-14-7-11(10-20)8-15(18)16(14)19-6-5-12-3-1-2-4-13(12)9-19/h1-4,7-8,20H,5-6,9-10H2. The first-order valence-electron chi connectivity index (χ1n) is 6.59. The Hall–Kier alpha value is -1.94. The summed E-state index contributed by atoms with van der Waals surface area (Å²) in [4.78, 5) is 1.72. The number of hydrogen-bond acceptors (Lipinski definition) is 2. The average Bonchev–Trinajstić information content (AvgIpc) is 2.46. The number of fused-ring (bicyclic) bond motifs is 1. The fourth-order valence-electron chi connectivity index (χ4n) is 2.70. The predicted molar refractivity (Wildman–Crippen MR) is 73.5 cm³/mol. The first-order chi connectivity index (χ1) is 9.69. The number of aliphatic hydroxyl groups excluding tert-OH is 1.